The van der Waals surface area contributed by atoms with Gasteiger partial charge >= 0.3 is 0 Å². The van der Waals surface area contributed by atoms with Gasteiger partial charge in [0.1, 0.15) is 5.75 Å². The first-order valence-corrected chi connectivity index (χ1v) is 6.98. The van der Waals surface area contributed by atoms with Gasteiger partial charge in [0.05, 0.1) is 7.11 Å². The SMILES string of the molecule is COc1cc(C)c(CNCC2(CO)CC2)c(C)c1C. The third-order valence-corrected chi connectivity index (χ3v) is 4.52. The maximum Gasteiger partial charge on any atom is 0.122 e. The Morgan fingerprint density at radius 2 is 1.95 bits per heavy atom. The highest BCUT2D eigenvalue weighted by Gasteiger charge is 2.41. The van der Waals surface area contributed by atoms with Crippen molar-refractivity contribution in [2.75, 3.05) is 20.3 Å². The highest BCUT2D eigenvalue weighted by Crippen LogP contribution is 2.44. The van der Waals surface area contributed by atoms with Gasteiger partial charge in [-0.25, -0.2) is 0 Å². The molecule has 3 nitrogen and oxygen atoms in total. The van der Waals surface area contributed by atoms with Crippen molar-refractivity contribution in [3.05, 3.63) is 28.3 Å². The minimum Gasteiger partial charge on any atom is -0.496 e. The molecule has 1 aliphatic rings. The maximum atomic E-state index is 9.32. The molecule has 0 heterocycles. The Kier molecular flexibility index (Phi) is 4.16. The van der Waals surface area contributed by atoms with Gasteiger partial charge in [-0.1, -0.05) is 0 Å². The van der Waals surface area contributed by atoms with Crippen molar-refractivity contribution in [1.82, 2.24) is 5.32 Å². The summed E-state index contributed by atoms with van der Waals surface area (Å²) in [7, 11) is 1.72. The molecular formula is C16H25NO2. The van der Waals surface area contributed by atoms with Crippen LogP contribution in [-0.4, -0.2) is 25.4 Å². The summed E-state index contributed by atoms with van der Waals surface area (Å²) in [5.74, 6) is 0.966. The van der Waals surface area contributed by atoms with Gasteiger partial charge in [0.2, 0.25) is 0 Å². The number of aryl methyl sites for hydroxylation is 1. The molecule has 1 saturated carbocycles. The summed E-state index contributed by atoms with van der Waals surface area (Å²) in [4.78, 5) is 0. The number of nitrogens with one attached hydrogen (secondary N) is 1. The zero-order valence-corrected chi connectivity index (χ0v) is 12.5. The Hall–Kier alpha value is -1.06. The highest BCUT2D eigenvalue weighted by atomic mass is 16.5. The molecule has 3 heteroatoms. The Bertz CT molecular complexity index is 464. The second-order valence-corrected chi connectivity index (χ2v) is 5.89. The third kappa shape index (κ3) is 2.93. The van der Waals surface area contributed by atoms with Gasteiger partial charge in [0.15, 0.2) is 0 Å². The van der Waals surface area contributed by atoms with Crippen LogP contribution in [0, 0.1) is 26.2 Å². The van der Waals surface area contributed by atoms with Crippen LogP contribution in [0.15, 0.2) is 6.07 Å². The smallest absolute Gasteiger partial charge is 0.122 e. The summed E-state index contributed by atoms with van der Waals surface area (Å²) >= 11 is 0. The summed E-state index contributed by atoms with van der Waals surface area (Å²) in [6, 6.07) is 2.11. The summed E-state index contributed by atoms with van der Waals surface area (Å²) in [6.45, 7) is 8.47. The molecule has 1 aromatic carbocycles. The van der Waals surface area contributed by atoms with E-state index in [9.17, 15) is 5.11 Å². The van der Waals surface area contributed by atoms with Gasteiger partial charge in [0, 0.05) is 25.1 Å². The van der Waals surface area contributed by atoms with Crippen molar-refractivity contribution in [1.29, 1.82) is 0 Å². The molecule has 1 aliphatic carbocycles. The number of hydrogen-bond acceptors (Lipinski definition) is 3. The van der Waals surface area contributed by atoms with Crippen LogP contribution < -0.4 is 10.1 Å². The van der Waals surface area contributed by atoms with Gasteiger partial charge in [-0.3, -0.25) is 0 Å². The zero-order chi connectivity index (χ0) is 14.0. The third-order valence-electron chi connectivity index (χ3n) is 4.52. The first-order valence-electron chi connectivity index (χ1n) is 6.98. The summed E-state index contributed by atoms with van der Waals surface area (Å²) in [6.07, 6.45) is 2.30. The summed E-state index contributed by atoms with van der Waals surface area (Å²) < 4.78 is 5.39. The maximum absolute atomic E-state index is 9.32. The fourth-order valence-corrected chi connectivity index (χ4v) is 2.60. The topological polar surface area (TPSA) is 41.5 Å². The average molecular weight is 263 g/mol. The van der Waals surface area contributed by atoms with Crippen LogP contribution in [0.5, 0.6) is 5.75 Å². The summed E-state index contributed by atoms with van der Waals surface area (Å²) in [5.41, 5.74) is 5.31. The standard InChI is InChI=1S/C16H25NO2/c1-11-7-15(19-4)13(3)12(2)14(11)8-17-9-16(10-18)5-6-16/h7,17-18H,5-6,8-10H2,1-4H3. The molecule has 1 fully saturated rings. The lowest BCUT2D eigenvalue weighted by molar-refractivity contribution is 0.207. The number of rotatable bonds is 6. The average Bonchev–Trinajstić information content (AvgIpc) is 3.18. The zero-order valence-electron chi connectivity index (χ0n) is 12.5. The van der Waals surface area contributed by atoms with Gasteiger partial charge in [0.25, 0.3) is 0 Å². The van der Waals surface area contributed by atoms with Crippen molar-refractivity contribution < 1.29 is 9.84 Å². The van der Waals surface area contributed by atoms with E-state index >= 15 is 0 Å². The first kappa shape index (κ1) is 14.4. The van der Waals surface area contributed by atoms with Gasteiger partial charge < -0.3 is 15.2 Å². The van der Waals surface area contributed by atoms with Crippen molar-refractivity contribution in [2.24, 2.45) is 5.41 Å². The van der Waals surface area contributed by atoms with Crippen LogP contribution in [0.1, 0.15) is 35.1 Å². The van der Waals surface area contributed by atoms with E-state index in [0.717, 1.165) is 31.7 Å². The lowest BCUT2D eigenvalue weighted by atomic mass is 9.97. The molecule has 0 aliphatic heterocycles. The molecular weight excluding hydrogens is 238 g/mol. The largest absolute Gasteiger partial charge is 0.496 e. The minimum absolute atomic E-state index is 0.170. The second kappa shape index (κ2) is 5.51. The molecule has 2 N–H and O–H groups in total. The van der Waals surface area contributed by atoms with Crippen molar-refractivity contribution in [2.45, 2.75) is 40.2 Å². The quantitative estimate of drug-likeness (QED) is 0.828. The normalized spacial score (nSPS) is 16.5. The van der Waals surface area contributed by atoms with Crippen molar-refractivity contribution in [3.8, 4) is 5.75 Å². The van der Waals surface area contributed by atoms with E-state index in [1.165, 1.54) is 22.3 Å². The first-order chi connectivity index (χ1) is 9.03. The molecule has 0 spiro atoms. The van der Waals surface area contributed by atoms with E-state index in [2.05, 4.69) is 32.2 Å². The van der Waals surface area contributed by atoms with Gasteiger partial charge in [-0.15, -0.1) is 0 Å². The number of aliphatic hydroxyl groups excluding tert-OH is 1. The molecule has 19 heavy (non-hydrogen) atoms. The van der Waals surface area contributed by atoms with Crippen LogP contribution >= 0.6 is 0 Å². The lowest BCUT2D eigenvalue weighted by Gasteiger charge is -2.18. The fourth-order valence-electron chi connectivity index (χ4n) is 2.60. The van der Waals surface area contributed by atoms with Gasteiger partial charge in [-0.2, -0.15) is 0 Å². The van der Waals surface area contributed by atoms with Crippen molar-refractivity contribution >= 4 is 0 Å². The molecule has 0 aromatic heterocycles. The van der Waals surface area contributed by atoms with E-state index in [4.69, 9.17) is 4.74 Å². The number of methoxy groups -OCH3 is 1. The molecule has 1 aromatic rings. The van der Waals surface area contributed by atoms with Crippen LogP contribution in [0.25, 0.3) is 0 Å². The summed E-state index contributed by atoms with van der Waals surface area (Å²) in [5, 5.41) is 12.8. The fraction of sp³-hybridized carbons (Fsp3) is 0.625. The van der Waals surface area contributed by atoms with E-state index in [-0.39, 0.29) is 5.41 Å². The molecule has 0 atom stereocenters. The predicted octanol–water partition coefficient (Wildman–Crippen LogP) is 2.48. The predicted molar refractivity (Wildman–Crippen MR) is 77.7 cm³/mol. The van der Waals surface area contributed by atoms with Gasteiger partial charge in [-0.05, 0) is 61.9 Å². The second-order valence-electron chi connectivity index (χ2n) is 5.89. The molecule has 106 valence electrons. The van der Waals surface area contributed by atoms with E-state index in [1.807, 2.05) is 0 Å². The number of hydrogen-bond donors (Lipinski definition) is 2. The van der Waals surface area contributed by atoms with Crippen LogP contribution in [0.4, 0.5) is 0 Å². The Balaban J connectivity index is 2.06. The minimum atomic E-state index is 0.170. The molecule has 0 amide bonds. The molecule has 0 radical (unpaired) electrons. The molecule has 0 saturated heterocycles. The molecule has 0 bridgehead atoms. The van der Waals surface area contributed by atoms with E-state index in [1.54, 1.807) is 7.11 Å². The van der Waals surface area contributed by atoms with Crippen LogP contribution in [-0.2, 0) is 6.54 Å². The van der Waals surface area contributed by atoms with Crippen LogP contribution in [0.2, 0.25) is 0 Å². The Morgan fingerprint density at radius 1 is 1.26 bits per heavy atom. The Labute approximate surface area is 116 Å². The Morgan fingerprint density at radius 3 is 2.47 bits per heavy atom. The molecule has 2 rings (SSSR count). The number of benzene rings is 1. The monoisotopic (exact) mass is 263 g/mol. The number of ether oxygens (including phenoxy) is 1. The van der Waals surface area contributed by atoms with E-state index < -0.39 is 0 Å². The van der Waals surface area contributed by atoms with E-state index in [0.29, 0.717) is 6.61 Å². The number of aliphatic hydroxyl groups is 1. The van der Waals surface area contributed by atoms with Crippen LogP contribution in [0.3, 0.4) is 0 Å². The lowest BCUT2D eigenvalue weighted by Crippen LogP contribution is -2.26. The molecule has 0 unspecified atom stereocenters. The van der Waals surface area contributed by atoms with Crippen molar-refractivity contribution in [3.63, 3.8) is 0 Å². The highest BCUT2D eigenvalue weighted by molar-refractivity contribution is 5.48.